The molecule has 2 atom stereocenters. The van der Waals surface area contributed by atoms with E-state index >= 15 is 0 Å². The third-order valence-electron chi connectivity index (χ3n) is 6.24. The number of amides is 1. The van der Waals surface area contributed by atoms with Crippen molar-refractivity contribution in [3.63, 3.8) is 0 Å². The fourth-order valence-corrected chi connectivity index (χ4v) is 5.24. The smallest absolute Gasteiger partial charge is 0.223 e. The third-order valence-corrected chi connectivity index (χ3v) is 7.46. The maximum absolute atomic E-state index is 13.1. The van der Waals surface area contributed by atoms with Gasteiger partial charge in [0.15, 0.2) is 0 Å². The molecule has 1 unspecified atom stereocenters. The van der Waals surface area contributed by atoms with Crippen molar-refractivity contribution in [2.45, 2.75) is 56.5 Å². The molecule has 2 aromatic heterocycles. The Morgan fingerprint density at radius 2 is 1.79 bits per heavy atom. The Labute approximate surface area is 202 Å². The predicted octanol–water partition coefficient (Wildman–Crippen LogP) is 4.64. The molecule has 2 heterocycles. The van der Waals surface area contributed by atoms with Crippen LogP contribution in [0.2, 0.25) is 0 Å². The first-order valence-electron chi connectivity index (χ1n) is 11.5. The Morgan fingerprint density at radius 1 is 1.06 bits per heavy atom. The minimum atomic E-state index is -1.36. The molecule has 1 fully saturated rings. The number of nitrogens with one attached hydrogen (secondary N) is 2. The fraction of sp³-hybridized carbons (Fsp3) is 0.346. The number of aryl methyl sites for hydroxylation is 1. The van der Waals surface area contributed by atoms with Crippen LogP contribution in [-0.4, -0.2) is 26.1 Å². The van der Waals surface area contributed by atoms with Crippen molar-refractivity contribution in [2.24, 2.45) is 5.92 Å². The lowest BCUT2D eigenvalue weighted by Crippen LogP contribution is -2.39. The quantitative estimate of drug-likeness (QED) is 0.516. The Hall–Kier alpha value is -2.97. The van der Waals surface area contributed by atoms with Crippen molar-refractivity contribution < 1.29 is 13.4 Å². The first kappa shape index (κ1) is 24.2. The molecule has 178 valence electrons. The van der Waals surface area contributed by atoms with Gasteiger partial charge in [0.25, 0.3) is 0 Å². The van der Waals surface area contributed by atoms with Crippen molar-refractivity contribution in [3.05, 3.63) is 78.0 Å². The van der Waals surface area contributed by atoms with Crippen LogP contribution in [0.25, 0.3) is 11.3 Å². The second-order valence-corrected chi connectivity index (χ2v) is 10.0. The van der Waals surface area contributed by atoms with E-state index in [2.05, 4.69) is 20.0 Å². The van der Waals surface area contributed by atoms with Crippen molar-refractivity contribution in [1.82, 2.24) is 20.0 Å². The number of benzene rings is 1. The number of nitrogens with zero attached hydrogens (tertiary/aromatic N) is 2. The highest BCUT2D eigenvalue weighted by atomic mass is 32.2. The summed E-state index contributed by atoms with van der Waals surface area (Å²) in [6.45, 7) is 3.83. The van der Waals surface area contributed by atoms with Crippen LogP contribution in [0.4, 0.5) is 4.39 Å². The normalized spacial score (nSPS) is 19.9. The van der Waals surface area contributed by atoms with E-state index in [1.54, 1.807) is 24.5 Å². The third kappa shape index (κ3) is 6.12. The Balaban J connectivity index is 1.26. The monoisotopic (exact) mass is 480 g/mol. The van der Waals surface area contributed by atoms with Crippen LogP contribution in [-0.2, 0) is 15.8 Å². The van der Waals surface area contributed by atoms with Crippen LogP contribution in [0.5, 0.6) is 0 Å². The van der Waals surface area contributed by atoms with Gasteiger partial charge in [0.05, 0.1) is 16.6 Å². The summed E-state index contributed by atoms with van der Waals surface area (Å²) in [5.74, 6) is -0.345. The molecule has 0 saturated heterocycles. The first-order chi connectivity index (χ1) is 16.4. The molecule has 0 spiro atoms. The molecule has 1 saturated carbocycles. The molecule has 1 aliphatic carbocycles. The Bertz CT molecular complexity index is 1150. The Morgan fingerprint density at radius 3 is 2.44 bits per heavy atom. The van der Waals surface area contributed by atoms with E-state index in [9.17, 15) is 13.4 Å². The average Bonchev–Trinajstić information content (AvgIpc) is 2.85. The van der Waals surface area contributed by atoms with E-state index in [1.165, 1.54) is 12.1 Å². The zero-order chi connectivity index (χ0) is 24.1. The van der Waals surface area contributed by atoms with Crippen molar-refractivity contribution >= 4 is 16.9 Å². The molecule has 0 aliphatic heterocycles. The molecule has 6 nitrogen and oxygen atoms in total. The van der Waals surface area contributed by atoms with Gasteiger partial charge in [0, 0.05) is 35.6 Å². The molecule has 2 N–H and O–H groups in total. The highest BCUT2D eigenvalue weighted by Crippen LogP contribution is 2.26. The summed E-state index contributed by atoms with van der Waals surface area (Å²) in [6.07, 6.45) is 6.40. The Kier molecular flexibility index (Phi) is 7.80. The van der Waals surface area contributed by atoms with Gasteiger partial charge in [-0.1, -0.05) is 12.1 Å². The van der Waals surface area contributed by atoms with Gasteiger partial charge in [0.1, 0.15) is 16.8 Å². The van der Waals surface area contributed by atoms with E-state index in [-0.39, 0.29) is 29.7 Å². The topological polar surface area (TPSA) is 84.0 Å². The van der Waals surface area contributed by atoms with Gasteiger partial charge in [0.2, 0.25) is 5.91 Å². The maximum atomic E-state index is 13.1. The number of carbonyl (C=O) groups excluding carboxylic acids is 1. The summed E-state index contributed by atoms with van der Waals surface area (Å²) >= 11 is 0. The highest BCUT2D eigenvalue weighted by Gasteiger charge is 2.28. The number of hydrogen-bond donors (Lipinski definition) is 2. The number of halogens is 1. The number of aromatic nitrogens is 2. The number of hydrogen-bond acceptors (Lipinski definition) is 4. The van der Waals surface area contributed by atoms with E-state index in [0.29, 0.717) is 4.90 Å². The standard InChI is InChI=1S/C26H29FN4O2S/c1-17-15-21(13-14-28-17)25-12-11-24(16-29-25)34(33)31-23-9-5-20(6-10-23)26(32)30-18(2)19-3-7-22(27)8-4-19/h3-4,7-8,11-16,18,20,23,31H,5-6,9-10H2,1-2H3,(H,30,32)/t18-,20?,23?,34?/m1/s1. The summed E-state index contributed by atoms with van der Waals surface area (Å²) in [5, 5.41) is 3.04. The van der Waals surface area contributed by atoms with Crippen LogP contribution < -0.4 is 10.0 Å². The minimum absolute atomic E-state index is 0.0162. The maximum Gasteiger partial charge on any atom is 0.223 e. The molecular formula is C26H29FN4O2S. The van der Waals surface area contributed by atoms with Crippen molar-refractivity contribution in [3.8, 4) is 11.3 Å². The van der Waals surface area contributed by atoms with Crippen LogP contribution in [0.15, 0.2) is 65.8 Å². The van der Waals surface area contributed by atoms with Gasteiger partial charge in [-0.15, -0.1) is 0 Å². The molecule has 1 aliphatic rings. The van der Waals surface area contributed by atoms with E-state index in [4.69, 9.17) is 0 Å². The van der Waals surface area contributed by atoms with Gasteiger partial charge < -0.3 is 5.32 Å². The van der Waals surface area contributed by atoms with Gasteiger partial charge >= 0.3 is 0 Å². The molecule has 1 amide bonds. The number of pyridine rings is 2. The minimum Gasteiger partial charge on any atom is -0.349 e. The molecule has 4 rings (SSSR count). The van der Waals surface area contributed by atoms with E-state index in [1.807, 2.05) is 38.1 Å². The van der Waals surface area contributed by atoms with E-state index < -0.39 is 11.0 Å². The van der Waals surface area contributed by atoms with Gasteiger partial charge in [-0.25, -0.2) is 13.3 Å². The summed E-state index contributed by atoms with van der Waals surface area (Å²) < 4.78 is 29.1. The molecule has 0 radical (unpaired) electrons. The summed E-state index contributed by atoms with van der Waals surface area (Å²) in [7, 11) is -1.36. The van der Waals surface area contributed by atoms with Crippen LogP contribution in [0.3, 0.4) is 0 Å². The molecule has 1 aromatic carbocycles. The largest absolute Gasteiger partial charge is 0.349 e. The van der Waals surface area contributed by atoms with Gasteiger partial charge in [-0.3, -0.25) is 14.8 Å². The van der Waals surface area contributed by atoms with Crippen molar-refractivity contribution in [1.29, 1.82) is 0 Å². The van der Waals surface area contributed by atoms with Gasteiger partial charge in [-0.05, 0) is 81.5 Å². The molecular weight excluding hydrogens is 451 g/mol. The van der Waals surface area contributed by atoms with Crippen LogP contribution in [0.1, 0.15) is 49.9 Å². The molecule has 8 heteroatoms. The second kappa shape index (κ2) is 11.0. The lowest BCUT2D eigenvalue weighted by molar-refractivity contribution is -0.126. The average molecular weight is 481 g/mol. The summed E-state index contributed by atoms with van der Waals surface area (Å²) in [6, 6.07) is 13.7. The number of carbonyl (C=O) groups is 1. The summed E-state index contributed by atoms with van der Waals surface area (Å²) in [5.41, 5.74) is 3.58. The van der Waals surface area contributed by atoms with E-state index in [0.717, 1.165) is 48.2 Å². The SMILES string of the molecule is Cc1cc(-c2ccc(S(=O)NC3CCC(C(=O)N[C@H](C)c4ccc(F)cc4)CC3)cn2)ccn1. The van der Waals surface area contributed by atoms with Crippen LogP contribution >= 0.6 is 0 Å². The molecule has 34 heavy (non-hydrogen) atoms. The highest BCUT2D eigenvalue weighted by molar-refractivity contribution is 7.83. The lowest BCUT2D eigenvalue weighted by atomic mass is 9.85. The second-order valence-electron chi connectivity index (χ2n) is 8.78. The molecule has 3 aromatic rings. The molecule has 0 bridgehead atoms. The fourth-order valence-electron chi connectivity index (χ4n) is 4.22. The predicted molar refractivity (Wildman–Crippen MR) is 130 cm³/mol. The van der Waals surface area contributed by atoms with Crippen LogP contribution in [0, 0.1) is 18.7 Å². The lowest BCUT2D eigenvalue weighted by Gasteiger charge is -2.29. The number of rotatable bonds is 7. The summed E-state index contributed by atoms with van der Waals surface area (Å²) in [4.78, 5) is 22.0. The zero-order valence-corrected chi connectivity index (χ0v) is 20.1. The first-order valence-corrected chi connectivity index (χ1v) is 12.7. The zero-order valence-electron chi connectivity index (χ0n) is 19.3. The van der Waals surface area contributed by atoms with Gasteiger partial charge in [-0.2, -0.15) is 0 Å². The van der Waals surface area contributed by atoms with Crippen molar-refractivity contribution in [2.75, 3.05) is 0 Å².